The number of aliphatic hydroxyl groups is 1. The van der Waals surface area contributed by atoms with Crippen LogP contribution in [0, 0.1) is 0 Å². The highest BCUT2D eigenvalue weighted by atomic mass is 16.5. The van der Waals surface area contributed by atoms with Crippen molar-refractivity contribution in [2.24, 2.45) is 0 Å². The third-order valence-electron chi connectivity index (χ3n) is 3.58. The zero-order valence-corrected chi connectivity index (χ0v) is 13.6. The van der Waals surface area contributed by atoms with Crippen LogP contribution in [0.25, 0.3) is 0 Å². The van der Waals surface area contributed by atoms with Crippen LogP contribution >= 0.6 is 0 Å². The van der Waals surface area contributed by atoms with Gasteiger partial charge in [0, 0.05) is 31.9 Å². The smallest absolute Gasteiger partial charge is 0.251 e. The molecular formula is C18H22N2O3. The van der Waals surface area contributed by atoms with Crippen molar-refractivity contribution in [3.63, 3.8) is 0 Å². The quantitative estimate of drug-likeness (QED) is 0.858. The van der Waals surface area contributed by atoms with E-state index in [0.29, 0.717) is 5.56 Å². The molecule has 0 radical (unpaired) electrons. The molecule has 2 rings (SSSR count). The summed E-state index contributed by atoms with van der Waals surface area (Å²) in [7, 11) is 5.43. The topological polar surface area (TPSA) is 61.8 Å². The van der Waals surface area contributed by atoms with Gasteiger partial charge in [0.15, 0.2) is 0 Å². The summed E-state index contributed by atoms with van der Waals surface area (Å²) in [5, 5.41) is 12.9. The largest absolute Gasteiger partial charge is 0.497 e. The number of hydrogen-bond acceptors (Lipinski definition) is 4. The number of carbonyl (C=O) groups is 1. The Labute approximate surface area is 136 Å². The van der Waals surface area contributed by atoms with Crippen molar-refractivity contribution < 1.29 is 14.6 Å². The van der Waals surface area contributed by atoms with E-state index in [-0.39, 0.29) is 12.5 Å². The Morgan fingerprint density at radius 1 is 1.22 bits per heavy atom. The van der Waals surface area contributed by atoms with Gasteiger partial charge in [0.25, 0.3) is 5.91 Å². The summed E-state index contributed by atoms with van der Waals surface area (Å²) >= 11 is 0. The molecule has 0 saturated carbocycles. The van der Waals surface area contributed by atoms with Gasteiger partial charge < -0.3 is 20.1 Å². The van der Waals surface area contributed by atoms with E-state index in [9.17, 15) is 9.90 Å². The Morgan fingerprint density at radius 2 is 1.91 bits per heavy atom. The SMILES string of the molecule is COc1ccc(C(O)CNC(=O)c2cccc(N(C)C)c2)cc1. The molecule has 1 unspecified atom stereocenters. The molecule has 0 bridgehead atoms. The van der Waals surface area contributed by atoms with Crippen molar-refractivity contribution in [1.29, 1.82) is 0 Å². The Kier molecular flexibility index (Phi) is 5.60. The van der Waals surface area contributed by atoms with Crippen molar-refractivity contribution in [2.45, 2.75) is 6.10 Å². The maximum atomic E-state index is 12.2. The van der Waals surface area contributed by atoms with Crippen LogP contribution in [0.3, 0.4) is 0 Å². The first-order chi connectivity index (χ1) is 11.0. The molecule has 2 aromatic rings. The predicted molar refractivity (Wildman–Crippen MR) is 91.1 cm³/mol. The van der Waals surface area contributed by atoms with Gasteiger partial charge >= 0.3 is 0 Å². The first-order valence-corrected chi connectivity index (χ1v) is 7.39. The second-order valence-corrected chi connectivity index (χ2v) is 5.44. The number of amides is 1. The summed E-state index contributed by atoms with van der Waals surface area (Å²) in [6.07, 6.45) is -0.762. The van der Waals surface area contributed by atoms with E-state index in [1.165, 1.54) is 0 Å². The molecule has 0 aliphatic heterocycles. The van der Waals surface area contributed by atoms with Gasteiger partial charge in [-0.25, -0.2) is 0 Å². The molecule has 23 heavy (non-hydrogen) atoms. The van der Waals surface area contributed by atoms with Crippen LogP contribution in [0.4, 0.5) is 5.69 Å². The van der Waals surface area contributed by atoms with Crippen molar-refractivity contribution in [2.75, 3.05) is 32.6 Å². The highest BCUT2D eigenvalue weighted by molar-refractivity contribution is 5.95. The van der Waals surface area contributed by atoms with Gasteiger partial charge in [-0.15, -0.1) is 0 Å². The molecule has 0 aromatic heterocycles. The van der Waals surface area contributed by atoms with Gasteiger partial charge in [-0.05, 0) is 35.9 Å². The monoisotopic (exact) mass is 314 g/mol. The minimum absolute atomic E-state index is 0.150. The molecule has 1 amide bonds. The van der Waals surface area contributed by atoms with Gasteiger partial charge in [0.1, 0.15) is 5.75 Å². The van der Waals surface area contributed by atoms with E-state index >= 15 is 0 Å². The lowest BCUT2D eigenvalue weighted by molar-refractivity contribution is 0.0916. The van der Waals surface area contributed by atoms with Crippen molar-refractivity contribution in [3.8, 4) is 5.75 Å². The standard InChI is InChI=1S/C18H22N2O3/c1-20(2)15-6-4-5-14(11-15)18(22)19-12-17(21)13-7-9-16(23-3)10-8-13/h4-11,17,21H,12H2,1-3H3,(H,19,22). The highest BCUT2D eigenvalue weighted by Gasteiger charge is 2.11. The minimum Gasteiger partial charge on any atom is -0.497 e. The molecule has 1 atom stereocenters. The molecule has 0 aliphatic carbocycles. The predicted octanol–water partition coefficient (Wildman–Crippen LogP) is 2.22. The fourth-order valence-corrected chi connectivity index (χ4v) is 2.16. The highest BCUT2D eigenvalue weighted by Crippen LogP contribution is 2.17. The van der Waals surface area contributed by atoms with Crippen LogP contribution in [0.15, 0.2) is 48.5 Å². The lowest BCUT2D eigenvalue weighted by Gasteiger charge is -2.15. The van der Waals surface area contributed by atoms with E-state index in [2.05, 4.69) is 5.32 Å². The first kappa shape index (κ1) is 16.8. The maximum Gasteiger partial charge on any atom is 0.251 e. The maximum absolute atomic E-state index is 12.2. The summed E-state index contributed by atoms with van der Waals surface area (Å²) < 4.78 is 5.08. The minimum atomic E-state index is -0.762. The van der Waals surface area contributed by atoms with Crippen LogP contribution < -0.4 is 15.0 Å². The van der Waals surface area contributed by atoms with Gasteiger partial charge in [-0.3, -0.25) is 4.79 Å². The third kappa shape index (κ3) is 4.47. The van der Waals surface area contributed by atoms with E-state index in [0.717, 1.165) is 17.0 Å². The van der Waals surface area contributed by atoms with Crippen molar-refractivity contribution in [3.05, 3.63) is 59.7 Å². The van der Waals surface area contributed by atoms with Gasteiger partial charge in [0.05, 0.1) is 13.2 Å². The van der Waals surface area contributed by atoms with Gasteiger partial charge in [-0.1, -0.05) is 18.2 Å². The number of nitrogens with one attached hydrogen (secondary N) is 1. The fraction of sp³-hybridized carbons (Fsp3) is 0.278. The number of carbonyl (C=O) groups excluding carboxylic acids is 1. The van der Waals surface area contributed by atoms with Crippen LogP contribution in [-0.4, -0.2) is 38.8 Å². The molecule has 122 valence electrons. The number of benzene rings is 2. The van der Waals surface area contributed by atoms with Crippen LogP contribution in [0.1, 0.15) is 22.0 Å². The van der Waals surface area contributed by atoms with Crippen LogP contribution in [0.2, 0.25) is 0 Å². The second kappa shape index (κ2) is 7.65. The molecule has 0 spiro atoms. The molecular weight excluding hydrogens is 292 g/mol. The molecule has 5 heteroatoms. The first-order valence-electron chi connectivity index (χ1n) is 7.39. The molecule has 0 aliphatic rings. The number of nitrogens with zero attached hydrogens (tertiary/aromatic N) is 1. The van der Waals surface area contributed by atoms with E-state index in [4.69, 9.17) is 4.74 Å². The summed E-state index contributed by atoms with van der Waals surface area (Å²) in [6, 6.07) is 14.5. The zero-order chi connectivity index (χ0) is 16.8. The van der Waals surface area contributed by atoms with E-state index in [1.807, 2.05) is 37.2 Å². The van der Waals surface area contributed by atoms with Crippen molar-refractivity contribution >= 4 is 11.6 Å². The lowest BCUT2D eigenvalue weighted by atomic mass is 10.1. The summed E-state index contributed by atoms with van der Waals surface area (Å²) in [6.45, 7) is 0.150. The Bertz CT molecular complexity index is 654. The molecule has 2 aromatic carbocycles. The number of aliphatic hydroxyl groups excluding tert-OH is 1. The molecule has 0 saturated heterocycles. The lowest BCUT2D eigenvalue weighted by Crippen LogP contribution is -2.28. The number of hydrogen-bond donors (Lipinski definition) is 2. The number of rotatable bonds is 6. The summed E-state index contributed by atoms with van der Waals surface area (Å²) in [5.74, 6) is 0.520. The Balaban J connectivity index is 1.96. The van der Waals surface area contributed by atoms with Crippen molar-refractivity contribution in [1.82, 2.24) is 5.32 Å². The molecule has 0 heterocycles. The second-order valence-electron chi connectivity index (χ2n) is 5.44. The number of ether oxygens (including phenoxy) is 1. The summed E-state index contributed by atoms with van der Waals surface area (Å²) in [5.41, 5.74) is 2.25. The normalized spacial score (nSPS) is 11.7. The zero-order valence-electron chi connectivity index (χ0n) is 13.6. The molecule has 0 fully saturated rings. The Morgan fingerprint density at radius 3 is 2.52 bits per heavy atom. The molecule has 5 nitrogen and oxygen atoms in total. The Hall–Kier alpha value is -2.53. The van der Waals surface area contributed by atoms with E-state index in [1.54, 1.807) is 37.4 Å². The third-order valence-corrected chi connectivity index (χ3v) is 3.58. The summed E-state index contributed by atoms with van der Waals surface area (Å²) in [4.78, 5) is 14.1. The average molecular weight is 314 g/mol. The average Bonchev–Trinajstić information content (AvgIpc) is 2.59. The van der Waals surface area contributed by atoms with E-state index < -0.39 is 6.10 Å². The fourth-order valence-electron chi connectivity index (χ4n) is 2.16. The van der Waals surface area contributed by atoms with Gasteiger partial charge in [-0.2, -0.15) is 0 Å². The number of anilines is 1. The van der Waals surface area contributed by atoms with Crippen LogP contribution in [0.5, 0.6) is 5.75 Å². The van der Waals surface area contributed by atoms with Gasteiger partial charge in [0.2, 0.25) is 0 Å². The number of methoxy groups -OCH3 is 1. The van der Waals surface area contributed by atoms with Crippen LogP contribution in [-0.2, 0) is 0 Å². The molecule has 2 N–H and O–H groups in total.